The predicted molar refractivity (Wildman–Crippen MR) is 43.5 cm³/mol. The van der Waals surface area contributed by atoms with Gasteiger partial charge in [0.15, 0.2) is 0 Å². The normalized spacial score (nSPS) is 13.1. The second-order valence-electron chi connectivity index (χ2n) is 2.67. The van der Waals surface area contributed by atoms with Crippen molar-refractivity contribution in [3.63, 3.8) is 0 Å². The first-order chi connectivity index (χ1) is 5.99. The molecule has 0 saturated carbocycles. The van der Waals surface area contributed by atoms with Gasteiger partial charge in [0.1, 0.15) is 6.04 Å². The number of methoxy groups -OCH3 is 1. The number of likely N-dealkylation sites (N-methyl/N-ethyl adjacent to an activating group) is 1. The molecular formula is C7H14F2N2O2. The molecule has 78 valence electrons. The molecule has 0 aliphatic carbocycles. The van der Waals surface area contributed by atoms with Crippen LogP contribution in [0.1, 0.15) is 0 Å². The molecule has 0 aromatic carbocycles. The first-order valence-corrected chi connectivity index (χ1v) is 3.76. The lowest BCUT2D eigenvalue weighted by Gasteiger charge is -2.20. The van der Waals surface area contributed by atoms with Gasteiger partial charge in [-0.1, -0.05) is 0 Å². The smallest absolute Gasteiger partial charge is 0.255 e. The summed E-state index contributed by atoms with van der Waals surface area (Å²) in [6.45, 7) is -0.567. The van der Waals surface area contributed by atoms with Crippen LogP contribution in [0.15, 0.2) is 0 Å². The number of carbonyl (C=O) groups excluding carboxylic acids is 1. The second-order valence-corrected chi connectivity index (χ2v) is 2.67. The summed E-state index contributed by atoms with van der Waals surface area (Å²) in [5.74, 6) is -0.540. The first kappa shape index (κ1) is 12.2. The standard InChI is InChI=1S/C7H14F2N2O2/c1-11(3-6(8)9)7(12)5(10)4-13-2/h5-6H,3-4,10H2,1-2H3. The number of alkyl halides is 2. The van der Waals surface area contributed by atoms with Crippen LogP contribution in [0.4, 0.5) is 8.78 Å². The number of rotatable bonds is 5. The molecule has 0 heterocycles. The van der Waals surface area contributed by atoms with E-state index < -0.39 is 24.9 Å². The summed E-state index contributed by atoms with van der Waals surface area (Å²) < 4.78 is 28.3. The largest absolute Gasteiger partial charge is 0.383 e. The van der Waals surface area contributed by atoms with Gasteiger partial charge in [-0.15, -0.1) is 0 Å². The van der Waals surface area contributed by atoms with Crippen LogP contribution in [0.5, 0.6) is 0 Å². The van der Waals surface area contributed by atoms with E-state index in [1.54, 1.807) is 0 Å². The highest BCUT2D eigenvalue weighted by molar-refractivity contribution is 5.81. The van der Waals surface area contributed by atoms with E-state index in [0.717, 1.165) is 4.90 Å². The van der Waals surface area contributed by atoms with Crippen LogP contribution in [-0.2, 0) is 9.53 Å². The summed E-state index contributed by atoms with van der Waals surface area (Å²) in [5.41, 5.74) is 5.34. The molecule has 0 spiro atoms. The Balaban J connectivity index is 3.94. The van der Waals surface area contributed by atoms with Crippen LogP contribution in [-0.4, -0.2) is 50.6 Å². The molecule has 0 aliphatic rings. The lowest BCUT2D eigenvalue weighted by molar-refractivity contribution is -0.134. The quantitative estimate of drug-likeness (QED) is 0.655. The van der Waals surface area contributed by atoms with Crippen LogP contribution < -0.4 is 5.73 Å². The molecule has 6 heteroatoms. The Hall–Kier alpha value is -0.750. The van der Waals surface area contributed by atoms with Crippen molar-refractivity contribution in [1.82, 2.24) is 4.90 Å². The minimum absolute atomic E-state index is 0.0341. The van der Waals surface area contributed by atoms with Gasteiger partial charge in [-0.2, -0.15) is 0 Å². The molecule has 2 N–H and O–H groups in total. The molecule has 0 aliphatic heterocycles. The zero-order valence-corrected chi connectivity index (χ0v) is 7.67. The molecule has 1 amide bonds. The van der Waals surface area contributed by atoms with Gasteiger partial charge in [0.25, 0.3) is 6.43 Å². The molecule has 0 radical (unpaired) electrons. The van der Waals surface area contributed by atoms with Crippen LogP contribution >= 0.6 is 0 Å². The number of hydrogen-bond acceptors (Lipinski definition) is 3. The van der Waals surface area contributed by atoms with Gasteiger partial charge in [0.2, 0.25) is 5.91 Å². The van der Waals surface area contributed by atoms with Crippen molar-refractivity contribution >= 4 is 5.91 Å². The van der Waals surface area contributed by atoms with Gasteiger partial charge in [0, 0.05) is 14.2 Å². The predicted octanol–water partition coefficient (Wildman–Crippen LogP) is -0.316. The Morgan fingerprint density at radius 1 is 1.62 bits per heavy atom. The van der Waals surface area contributed by atoms with E-state index in [2.05, 4.69) is 4.74 Å². The Morgan fingerprint density at radius 3 is 2.54 bits per heavy atom. The van der Waals surface area contributed by atoms with E-state index in [4.69, 9.17) is 5.73 Å². The number of ether oxygens (including phenoxy) is 1. The third kappa shape index (κ3) is 4.74. The maximum absolute atomic E-state index is 11.8. The molecule has 0 bridgehead atoms. The van der Waals surface area contributed by atoms with Crippen molar-refractivity contribution in [2.45, 2.75) is 12.5 Å². The van der Waals surface area contributed by atoms with Crippen LogP contribution in [0.25, 0.3) is 0 Å². The van der Waals surface area contributed by atoms with Crippen molar-refractivity contribution in [2.24, 2.45) is 5.73 Å². The molecule has 13 heavy (non-hydrogen) atoms. The van der Waals surface area contributed by atoms with Crippen molar-refractivity contribution in [3.8, 4) is 0 Å². The number of amides is 1. The summed E-state index contributed by atoms with van der Waals surface area (Å²) >= 11 is 0. The highest BCUT2D eigenvalue weighted by atomic mass is 19.3. The SMILES string of the molecule is COCC(N)C(=O)N(C)CC(F)F. The summed E-state index contributed by atoms with van der Waals surface area (Å²) in [6, 6.07) is -0.867. The number of nitrogens with two attached hydrogens (primary N) is 1. The van der Waals surface area contributed by atoms with Crippen molar-refractivity contribution in [3.05, 3.63) is 0 Å². The first-order valence-electron chi connectivity index (χ1n) is 3.76. The molecule has 0 aromatic heterocycles. The van der Waals surface area contributed by atoms with Gasteiger partial charge in [-0.3, -0.25) is 4.79 Å². The molecule has 1 unspecified atom stereocenters. The molecule has 0 fully saturated rings. The van der Waals surface area contributed by atoms with Gasteiger partial charge in [-0.05, 0) is 0 Å². The highest BCUT2D eigenvalue weighted by Crippen LogP contribution is 1.97. The Kier molecular flexibility index (Phi) is 5.48. The molecule has 0 aromatic rings. The summed E-state index contributed by atoms with van der Waals surface area (Å²) in [5, 5.41) is 0. The molecule has 4 nitrogen and oxygen atoms in total. The van der Waals surface area contributed by atoms with Crippen molar-refractivity contribution in [2.75, 3.05) is 27.3 Å². The third-order valence-electron chi connectivity index (χ3n) is 1.45. The number of carbonyl (C=O) groups is 1. The minimum atomic E-state index is -2.54. The fraction of sp³-hybridized carbons (Fsp3) is 0.857. The number of hydrogen-bond donors (Lipinski definition) is 1. The monoisotopic (exact) mass is 196 g/mol. The minimum Gasteiger partial charge on any atom is -0.383 e. The van der Waals surface area contributed by atoms with Gasteiger partial charge >= 0.3 is 0 Å². The highest BCUT2D eigenvalue weighted by Gasteiger charge is 2.20. The maximum Gasteiger partial charge on any atom is 0.255 e. The Morgan fingerprint density at radius 2 is 2.15 bits per heavy atom. The van der Waals surface area contributed by atoms with Crippen LogP contribution in [0.3, 0.4) is 0 Å². The molecule has 0 rings (SSSR count). The Labute approximate surface area is 75.6 Å². The van der Waals surface area contributed by atoms with E-state index in [9.17, 15) is 13.6 Å². The Bertz CT molecular complexity index is 167. The number of nitrogens with zero attached hydrogens (tertiary/aromatic N) is 1. The fourth-order valence-electron chi connectivity index (χ4n) is 0.831. The van der Waals surface area contributed by atoms with Gasteiger partial charge in [-0.25, -0.2) is 8.78 Å². The third-order valence-corrected chi connectivity index (χ3v) is 1.45. The zero-order valence-electron chi connectivity index (χ0n) is 7.67. The number of halogens is 2. The lowest BCUT2D eigenvalue weighted by Crippen LogP contribution is -2.45. The van der Waals surface area contributed by atoms with E-state index in [1.807, 2.05) is 0 Å². The van der Waals surface area contributed by atoms with Crippen LogP contribution in [0.2, 0.25) is 0 Å². The second kappa shape index (κ2) is 5.82. The van der Waals surface area contributed by atoms with Gasteiger partial charge < -0.3 is 15.4 Å². The molecule has 0 saturated heterocycles. The van der Waals surface area contributed by atoms with Gasteiger partial charge in [0.05, 0.1) is 13.2 Å². The van der Waals surface area contributed by atoms with E-state index >= 15 is 0 Å². The summed E-state index contributed by atoms with van der Waals surface area (Å²) in [6.07, 6.45) is -2.54. The average molecular weight is 196 g/mol. The fourth-order valence-corrected chi connectivity index (χ4v) is 0.831. The van der Waals surface area contributed by atoms with Crippen LogP contribution in [0, 0.1) is 0 Å². The van der Waals surface area contributed by atoms with E-state index in [1.165, 1.54) is 14.2 Å². The lowest BCUT2D eigenvalue weighted by atomic mass is 10.3. The molecule has 1 atom stereocenters. The van der Waals surface area contributed by atoms with E-state index in [0.29, 0.717) is 0 Å². The maximum atomic E-state index is 11.8. The topological polar surface area (TPSA) is 55.6 Å². The zero-order chi connectivity index (χ0) is 10.4. The van der Waals surface area contributed by atoms with Crippen molar-refractivity contribution < 1.29 is 18.3 Å². The summed E-state index contributed by atoms with van der Waals surface area (Å²) in [4.78, 5) is 12.1. The van der Waals surface area contributed by atoms with E-state index in [-0.39, 0.29) is 6.61 Å². The average Bonchev–Trinajstić information content (AvgIpc) is 2.02. The summed E-state index contributed by atoms with van der Waals surface area (Å²) in [7, 11) is 2.67. The molecular weight excluding hydrogens is 182 g/mol. The van der Waals surface area contributed by atoms with Crippen molar-refractivity contribution in [1.29, 1.82) is 0 Å².